The van der Waals surface area contributed by atoms with Gasteiger partial charge in [0.2, 0.25) is 0 Å². The number of nitro groups is 1. The summed E-state index contributed by atoms with van der Waals surface area (Å²) in [6.07, 6.45) is 0. The molecule has 7 heteroatoms. The van der Waals surface area contributed by atoms with Crippen molar-refractivity contribution in [2.24, 2.45) is 0 Å². The minimum absolute atomic E-state index is 0.139. The summed E-state index contributed by atoms with van der Waals surface area (Å²) < 4.78 is 6.35. The molecule has 2 aromatic carbocycles. The summed E-state index contributed by atoms with van der Waals surface area (Å²) in [5.74, 6) is -0.666. The highest BCUT2D eigenvalue weighted by Gasteiger charge is 2.20. The number of rotatable bonds is 4. The van der Waals surface area contributed by atoms with E-state index in [4.69, 9.17) is 9.84 Å². The van der Waals surface area contributed by atoms with Crippen LogP contribution in [-0.4, -0.2) is 16.0 Å². The molecule has 2 rings (SSSR count). The molecule has 0 unspecified atom stereocenters. The lowest BCUT2D eigenvalue weighted by molar-refractivity contribution is -0.385. The second kappa shape index (κ2) is 5.92. The van der Waals surface area contributed by atoms with Gasteiger partial charge >= 0.3 is 5.97 Å². The van der Waals surface area contributed by atoms with Crippen LogP contribution in [-0.2, 0) is 0 Å². The Morgan fingerprint density at radius 3 is 2.62 bits per heavy atom. The normalized spacial score (nSPS) is 10.2. The molecule has 21 heavy (non-hydrogen) atoms. The van der Waals surface area contributed by atoms with Gasteiger partial charge in [-0.3, -0.25) is 10.1 Å². The number of ether oxygens (including phenoxy) is 1. The standard InChI is InChI=1S/C14H10BrNO5/c1-8-12(16(19)20)5-9(14(17)18)6-13(8)21-11-4-2-3-10(15)7-11/h2-7H,1H3,(H,17,18). The summed E-state index contributed by atoms with van der Waals surface area (Å²) in [6.45, 7) is 1.51. The van der Waals surface area contributed by atoms with E-state index in [-0.39, 0.29) is 22.6 Å². The Morgan fingerprint density at radius 2 is 2.05 bits per heavy atom. The molecule has 1 N–H and O–H groups in total. The number of hydrogen-bond acceptors (Lipinski definition) is 4. The molecule has 0 aliphatic heterocycles. The number of nitro benzene ring substituents is 1. The van der Waals surface area contributed by atoms with Crippen molar-refractivity contribution in [3.8, 4) is 11.5 Å². The Balaban J connectivity index is 2.51. The van der Waals surface area contributed by atoms with Gasteiger partial charge in [0.15, 0.2) is 0 Å². The molecule has 0 aliphatic carbocycles. The van der Waals surface area contributed by atoms with Gasteiger partial charge in [0.05, 0.1) is 16.1 Å². The van der Waals surface area contributed by atoms with Gasteiger partial charge in [0.25, 0.3) is 5.69 Å². The molecule has 0 atom stereocenters. The lowest BCUT2D eigenvalue weighted by Crippen LogP contribution is -2.02. The molecule has 0 fully saturated rings. The van der Waals surface area contributed by atoms with E-state index < -0.39 is 10.9 Å². The minimum atomic E-state index is -1.25. The van der Waals surface area contributed by atoms with Crippen LogP contribution in [0.1, 0.15) is 15.9 Å². The van der Waals surface area contributed by atoms with Crippen molar-refractivity contribution in [3.05, 3.63) is 62.1 Å². The molecule has 0 radical (unpaired) electrons. The van der Waals surface area contributed by atoms with E-state index in [2.05, 4.69) is 15.9 Å². The third kappa shape index (κ3) is 3.38. The molecular formula is C14H10BrNO5. The zero-order chi connectivity index (χ0) is 15.6. The van der Waals surface area contributed by atoms with Crippen molar-refractivity contribution in [1.82, 2.24) is 0 Å². The molecule has 0 spiro atoms. The summed E-state index contributed by atoms with van der Waals surface area (Å²) in [5, 5.41) is 20.0. The van der Waals surface area contributed by atoms with Crippen molar-refractivity contribution in [1.29, 1.82) is 0 Å². The van der Waals surface area contributed by atoms with Crippen LogP contribution in [0, 0.1) is 17.0 Å². The van der Waals surface area contributed by atoms with Crippen molar-refractivity contribution in [2.45, 2.75) is 6.92 Å². The van der Waals surface area contributed by atoms with Crippen LogP contribution in [0.5, 0.6) is 11.5 Å². The fraction of sp³-hybridized carbons (Fsp3) is 0.0714. The van der Waals surface area contributed by atoms with E-state index in [1.807, 2.05) is 0 Å². The Labute approximate surface area is 128 Å². The summed E-state index contributed by atoms with van der Waals surface area (Å²) >= 11 is 3.29. The Morgan fingerprint density at radius 1 is 1.33 bits per heavy atom. The van der Waals surface area contributed by atoms with Gasteiger partial charge in [0, 0.05) is 10.5 Å². The largest absolute Gasteiger partial charge is 0.478 e. The third-order valence-corrected chi connectivity index (χ3v) is 3.29. The van der Waals surface area contributed by atoms with Crippen LogP contribution in [0.4, 0.5) is 5.69 Å². The van der Waals surface area contributed by atoms with Gasteiger partial charge in [0.1, 0.15) is 11.5 Å². The monoisotopic (exact) mass is 351 g/mol. The third-order valence-electron chi connectivity index (χ3n) is 2.80. The fourth-order valence-corrected chi connectivity index (χ4v) is 2.13. The average molecular weight is 352 g/mol. The number of carbonyl (C=O) groups is 1. The molecular weight excluding hydrogens is 342 g/mol. The predicted molar refractivity (Wildman–Crippen MR) is 79.0 cm³/mol. The van der Waals surface area contributed by atoms with Gasteiger partial charge < -0.3 is 9.84 Å². The van der Waals surface area contributed by atoms with Crippen molar-refractivity contribution >= 4 is 27.6 Å². The fourth-order valence-electron chi connectivity index (χ4n) is 1.75. The molecule has 0 bridgehead atoms. The summed E-state index contributed by atoms with van der Waals surface area (Å²) in [7, 11) is 0. The topological polar surface area (TPSA) is 89.7 Å². The number of hydrogen-bond donors (Lipinski definition) is 1. The lowest BCUT2D eigenvalue weighted by Gasteiger charge is -2.10. The molecule has 0 aromatic heterocycles. The second-order valence-corrected chi connectivity index (χ2v) is 5.16. The van der Waals surface area contributed by atoms with E-state index in [0.29, 0.717) is 5.75 Å². The summed E-state index contributed by atoms with van der Waals surface area (Å²) in [4.78, 5) is 21.4. The smallest absolute Gasteiger partial charge is 0.336 e. The van der Waals surface area contributed by atoms with Gasteiger partial charge in [-0.1, -0.05) is 22.0 Å². The van der Waals surface area contributed by atoms with Gasteiger partial charge in [-0.05, 0) is 31.2 Å². The zero-order valence-corrected chi connectivity index (χ0v) is 12.5. The molecule has 0 aliphatic rings. The summed E-state index contributed by atoms with van der Waals surface area (Å²) in [6, 6.07) is 9.18. The Kier molecular flexibility index (Phi) is 4.23. The maximum Gasteiger partial charge on any atom is 0.336 e. The second-order valence-electron chi connectivity index (χ2n) is 4.24. The van der Waals surface area contributed by atoms with E-state index >= 15 is 0 Å². The van der Waals surface area contributed by atoms with Crippen LogP contribution < -0.4 is 4.74 Å². The molecule has 2 aromatic rings. The van der Waals surface area contributed by atoms with Crippen LogP contribution >= 0.6 is 15.9 Å². The number of aromatic carboxylic acids is 1. The number of carboxylic acids is 1. The molecule has 0 amide bonds. The number of carboxylic acid groups (broad SMARTS) is 1. The average Bonchev–Trinajstić information content (AvgIpc) is 2.40. The summed E-state index contributed by atoms with van der Waals surface area (Å²) in [5.41, 5.74) is -0.220. The first-order valence-corrected chi connectivity index (χ1v) is 6.63. The quantitative estimate of drug-likeness (QED) is 0.659. The van der Waals surface area contributed by atoms with Gasteiger partial charge in [-0.2, -0.15) is 0 Å². The SMILES string of the molecule is Cc1c(Oc2cccc(Br)c2)cc(C(=O)O)cc1[N+](=O)[O-]. The molecule has 6 nitrogen and oxygen atoms in total. The van der Waals surface area contributed by atoms with Crippen molar-refractivity contribution in [2.75, 3.05) is 0 Å². The van der Waals surface area contributed by atoms with Crippen LogP contribution in [0.2, 0.25) is 0 Å². The Bertz CT molecular complexity index is 729. The number of halogens is 1. The minimum Gasteiger partial charge on any atom is -0.478 e. The van der Waals surface area contributed by atoms with E-state index in [1.54, 1.807) is 24.3 Å². The van der Waals surface area contributed by atoms with Gasteiger partial charge in [-0.15, -0.1) is 0 Å². The first-order chi connectivity index (χ1) is 9.88. The first kappa shape index (κ1) is 15.0. The van der Waals surface area contributed by atoms with Crippen LogP contribution in [0.25, 0.3) is 0 Å². The molecule has 0 heterocycles. The van der Waals surface area contributed by atoms with Crippen molar-refractivity contribution in [3.63, 3.8) is 0 Å². The first-order valence-electron chi connectivity index (χ1n) is 5.84. The van der Waals surface area contributed by atoms with Crippen LogP contribution in [0.3, 0.4) is 0 Å². The van der Waals surface area contributed by atoms with E-state index in [9.17, 15) is 14.9 Å². The number of benzene rings is 2. The molecule has 0 saturated heterocycles. The maximum atomic E-state index is 11.1. The zero-order valence-electron chi connectivity index (χ0n) is 10.9. The highest BCUT2D eigenvalue weighted by atomic mass is 79.9. The van der Waals surface area contributed by atoms with E-state index in [0.717, 1.165) is 10.5 Å². The van der Waals surface area contributed by atoms with Crippen LogP contribution in [0.15, 0.2) is 40.9 Å². The lowest BCUT2D eigenvalue weighted by atomic mass is 10.1. The Hall–Kier alpha value is -2.41. The highest BCUT2D eigenvalue weighted by molar-refractivity contribution is 9.10. The number of nitrogens with zero attached hydrogens (tertiary/aromatic N) is 1. The molecule has 0 saturated carbocycles. The predicted octanol–water partition coefficient (Wildman–Crippen LogP) is 4.16. The highest BCUT2D eigenvalue weighted by Crippen LogP contribution is 2.33. The van der Waals surface area contributed by atoms with Crippen molar-refractivity contribution < 1.29 is 19.6 Å². The van der Waals surface area contributed by atoms with Gasteiger partial charge in [-0.25, -0.2) is 4.79 Å². The molecule has 108 valence electrons. The maximum absolute atomic E-state index is 11.1. The van der Waals surface area contributed by atoms with E-state index in [1.165, 1.54) is 13.0 Å².